The highest BCUT2D eigenvalue weighted by atomic mass is 35.5. The van der Waals surface area contributed by atoms with Gasteiger partial charge in [0.2, 0.25) is 0 Å². The number of aliphatic hydroxyl groups is 3. The molecule has 5 N–H and O–H groups in total. The Morgan fingerprint density at radius 2 is 1.63 bits per heavy atom. The number of hydrogen-bond donors (Lipinski definition) is 5. The number of benzene rings is 2. The fourth-order valence-electron chi connectivity index (χ4n) is 10.0. The summed E-state index contributed by atoms with van der Waals surface area (Å²) in [5.41, 5.74) is -8.10. The Bertz CT molecular complexity index is 2170. The van der Waals surface area contributed by atoms with Crippen molar-refractivity contribution in [3.05, 3.63) is 81.9 Å². The molecule has 3 aliphatic carbocycles. The summed E-state index contributed by atoms with van der Waals surface area (Å²) in [5.74, 6) is -6.02. The number of aliphatic hydroxyl groups excluding tert-OH is 2. The molecular formula is C45H55ClN2O14. The molecule has 2 saturated carbocycles. The lowest BCUT2D eigenvalue weighted by atomic mass is 9.44. The molecule has 2 amide bonds. The van der Waals surface area contributed by atoms with Crippen LogP contribution in [0.1, 0.15) is 97.1 Å². The molecule has 2 aromatic carbocycles. The van der Waals surface area contributed by atoms with Gasteiger partial charge in [0.15, 0.2) is 23.6 Å². The first kappa shape index (κ1) is 46.6. The van der Waals surface area contributed by atoms with Gasteiger partial charge in [-0.05, 0) is 69.5 Å². The maximum absolute atomic E-state index is 15.5. The topological polar surface area (TPSA) is 233 Å². The largest absolute Gasteiger partial charge is 0.456 e. The first-order chi connectivity index (χ1) is 28.8. The number of alkyl carbamates (subject to hydrolysis) is 1. The Balaban J connectivity index is 1.54. The minimum Gasteiger partial charge on any atom is -0.456 e. The third-order valence-electron chi connectivity index (χ3n) is 13.0. The molecule has 336 valence electrons. The van der Waals surface area contributed by atoms with Crippen LogP contribution in [0, 0.1) is 16.7 Å². The molecule has 62 heavy (non-hydrogen) atoms. The van der Waals surface area contributed by atoms with E-state index >= 15 is 4.79 Å². The molecule has 0 spiro atoms. The lowest BCUT2D eigenvalue weighted by Gasteiger charge is -2.68. The summed E-state index contributed by atoms with van der Waals surface area (Å²) < 4.78 is 29.3. The Labute approximate surface area is 364 Å². The van der Waals surface area contributed by atoms with Gasteiger partial charge in [-0.15, -0.1) is 0 Å². The second-order valence-electron chi connectivity index (χ2n) is 18.4. The Hall–Kier alpha value is -4.87. The molecule has 16 nitrogen and oxygen atoms in total. The van der Waals surface area contributed by atoms with Crippen molar-refractivity contribution in [2.45, 2.75) is 135 Å². The zero-order chi connectivity index (χ0) is 45.9. The van der Waals surface area contributed by atoms with Crippen molar-refractivity contribution in [2.24, 2.45) is 16.7 Å². The maximum Gasteiger partial charge on any atom is 0.408 e. The average molecular weight is 883 g/mol. The molecule has 1 aliphatic heterocycles. The molecule has 3 fully saturated rings. The number of carbonyl (C=O) groups excluding carboxylic acids is 6. The zero-order valence-corrected chi connectivity index (χ0v) is 36.9. The van der Waals surface area contributed by atoms with Crippen molar-refractivity contribution in [3.8, 4) is 0 Å². The van der Waals surface area contributed by atoms with Crippen LogP contribution < -0.4 is 10.6 Å². The van der Waals surface area contributed by atoms with Crippen LogP contribution in [-0.2, 0) is 42.9 Å². The quantitative estimate of drug-likeness (QED) is 0.136. The average Bonchev–Trinajstić information content (AvgIpc) is 3.17. The number of esters is 3. The second kappa shape index (κ2) is 16.7. The van der Waals surface area contributed by atoms with Gasteiger partial charge in [-0.2, -0.15) is 0 Å². The minimum absolute atomic E-state index is 0.00706. The molecule has 4 aliphatic rings. The van der Waals surface area contributed by atoms with Crippen molar-refractivity contribution in [1.29, 1.82) is 0 Å². The Kier molecular flexibility index (Phi) is 12.5. The van der Waals surface area contributed by atoms with Gasteiger partial charge in [-0.3, -0.25) is 19.2 Å². The molecule has 2 aromatic rings. The normalized spacial score (nSPS) is 32.2. The van der Waals surface area contributed by atoms with Gasteiger partial charge in [0.05, 0.1) is 35.8 Å². The summed E-state index contributed by atoms with van der Waals surface area (Å²) in [7, 11) is 0. The van der Waals surface area contributed by atoms with Crippen LogP contribution in [0.5, 0.6) is 0 Å². The number of fused-ring (bicyclic) bond motifs is 5. The Morgan fingerprint density at radius 1 is 0.968 bits per heavy atom. The van der Waals surface area contributed by atoms with Crippen LogP contribution in [0.25, 0.3) is 0 Å². The van der Waals surface area contributed by atoms with E-state index < -0.39 is 118 Å². The number of nitrogens with one attached hydrogen (secondary N) is 2. The molecule has 2 bridgehead atoms. The molecule has 11 atom stereocenters. The van der Waals surface area contributed by atoms with Crippen LogP contribution >= 0.6 is 11.6 Å². The van der Waals surface area contributed by atoms with E-state index in [1.54, 1.807) is 71.0 Å². The number of halogens is 1. The van der Waals surface area contributed by atoms with Gasteiger partial charge >= 0.3 is 24.0 Å². The molecule has 6 rings (SSSR count). The van der Waals surface area contributed by atoms with Gasteiger partial charge < -0.3 is 49.6 Å². The number of Topliss-reactive ketones (excluding diaryl/α,β-unsaturated/α-hetero) is 1. The number of carbonyl (C=O) groups is 6. The summed E-state index contributed by atoms with van der Waals surface area (Å²) in [6.45, 7) is 13.0. The molecule has 2 unspecified atom stereocenters. The van der Waals surface area contributed by atoms with Gasteiger partial charge in [0.25, 0.3) is 5.91 Å². The standard InChI is InChI=1S/C45H55ClN2O14/c1-22-28(60-39(55)33(52)32(25-14-11-10-12-15-25)47-40(56)62-41(4,5)6)20-45(57)36(48-38(54)26-16-13-17-27(46)18-26)35-43(9,29(51)19-30-44(35,21-58-30)61-24(3)50)37(53)34(59-23(2)49)31(22)42(45,7)8/h10-18,28-30,32-36,51-52,57H,19-21H2,1-9H3,(H,47,56)(H,48,54)/t28-,29-,30+,32-,33+,34+,35?,36?,43+,44-,45+/m0/s1. The number of ketones is 1. The first-order valence-corrected chi connectivity index (χ1v) is 20.8. The first-order valence-electron chi connectivity index (χ1n) is 20.4. The molecule has 17 heteroatoms. The predicted molar refractivity (Wildman–Crippen MR) is 220 cm³/mol. The highest BCUT2D eigenvalue weighted by Crippen LogP contribution is 2.63. The minimum atomic E-state index is -2.32. The SMILES string of the molecule is CC(=O)O[C@H]1C(=O)[C@@]2(C)C(C(NC(=O)c3cccc(Cl)c3)[C@]3(O)C[C@H](OC(=O)[C@H](O)[C@@H](NC(=O)OC(C)(C)C)c4ccccc4)C(C)=C1C3(C)C)[C@]1(OC(C)=O)CO[C@@H]1C[C@@H]2O. The van der Waals surface area contributed by atoms with E-state index in [4.69, 9.17) is 35.3 Å². The third-order valence-corrected chi connectivity index (χ3v) is 13.3. The highest BCUT2D eigenvalue weighted by molar-refractivity contribution is 6.31. The van der Waals surface area contributed by atoms with E-state index in [0.717, 1.165) is 13.8 Å². The van der Waals surface area contributed by atoms with Gasteiger partial charge in [0, 0.05) is 48.6 Å². The van der Waals surface area contributed by atoms with Crippen LogP contribution in [0.2, 0.25) is 5.02 Å². The molecule has 0 radical (unpaired) electrons. The van der Waals surface area contributed by atoms with Crippen molar-refractivity contribution in [3.63, 3.8) is 0 Å². The molecule has 1 saturated heterocycles. The second-order valence-corrected chi connectivity index (χ2v) is 18.9. The van der Waals surface area contributed by atoms with E-state index in [1.165, 1.54) is 32.0 Å². The van der Waals surface area contributed by atoms with Gasteiger partial charge in [0.1, 0.15) is 17.8 Å². The summed E-state index contributed by atoms with van der Waals surface area (Å²) in [6.07, 6.45) is -9.60. The monoisotopic (exact) mass is 882 g/mol. The van der Waals surface area contributed by atoms with Crippen molar-refractivity contribution in [1.82, 2.24) is 10.6 Å². The molecule has 1 heterocycles. The van der Waals surface area contributed by atoms with Crippen LogP contribution in [0.4, 0.5) is 4.79 Å². The van der Waals surface area contributed by atoms with Crippen LogP contribution in [-0.4, -0.2) is 111 Å². The molecule has 0 aromatic heterocycles. The van der Waals surface area contributed by atoms with Crippen LogP contribution in [0.3, 0.4) is 0 Å². The van der Waals surface area contributed by atoms with E-state index in [0.29, 0.717) is 5.56 Å². The van der Waals surface area contributed by atoms with Gasteiger partial charge in [-0.1, -0.05) is 61.8 Å². The van der Waals surface area contributed by atoms with Crippen molar-refractivity contribution < 1.29 is 67.8 Å². The smallest absolute Gasteiger partial charge is 0.408 e. The zero-order valence-electron chi connectivity index (χ0n) is 36.1. The lowest BCUT2D eigenvalue weighted by Crippen LogP contribution is -2.83. The van der Waals surface area contributed by atoms with Gasteiger partial charge in [-0.25, -0.2) is 9.59 Å². The third kappa shape index (κ3) is 8.11. The predicted octanol–water partition coefficient (Wildman–Crippen LogP) is 4.06. The summed E-state index contributed by atoms with van der Waals surface area (Å²) in [4.78, 5) is 83.2. The van der Waals surface area contributed by atoms with Crippen LogP contribution in [0.15, 0.2) is 65.7 Å². The summed E-state index contributed by atoms with van der Waals surface area (Å²) in [5, 5.41) is 43.2. The van der Waals surface area contributed by atoms with E-state index in [1.807, 2.05) is 0 Å². The van der Waals surface area contributed by atoms with E-state index in [2.05, 4.69) is 10.6 Å². The fourth-order valence-corrected chi connectivity index (χ4v) is 10.2. The van der Waals surface area contributed by atoms with Crippen molar-refractivity contribution >= 4 is 47.3 Å². The van der Waals surface area contributed by atoms with Crippen molar-refractivity contribution in [2.75, 3.05) is 6.61 Å². The summed E-state index contributed by atoms with van der Waals surface area (Å²) in [6, 6.07) is 11.1. The number of ether oxygens (including phenoxy) is 5. The number of amides is 2. The van der Waals surface area contributed by atoms with E-state index in [-0.39, 0.29) is 34.8 Å². The summed E-state index contributed by atoms with van der Waals surface area (Å²) >= 11 is 6.29. The number of rotatable bonds is 9. The van der Waals surface area contributed by atoms with E-state index in [9.17, 15) is 39.3 Å². The Morgan fingerprint density at radius 3 is 2.19 bits per heavy atom. The maximum atomic E-state index is 15.5. The lowest BCUT2D eigenvalue weighted by molar-refractivity contribution is -0.332. The fraction of sp³-hybridized carbons (Fsp3) is 0.556. The molecular weight excluding hydrogens is 828 g/mol. The highest BCUT2D eigenvalue weighted by Gasteiger charge is 2.77. The number of hydrogen-bond acceptors (Lipinski definition) is 14.